The van der Waals surface area contributed by atoms with Gasteiger partial charge in [0.2, 0.25) is 5.76 Å². The number of carboxylic acid groups (broad SMARTS) is 1. The van der Waals surface area contributed by atoms with Crippen LogP contribution in [0.1, 0.15) is 36.6 Å². The monoisotopic (exact) mass is 305 g/mol. The van der Waals surface area contributed by atoms with E-state index in [9.17, 15) is 9.59 Å². The molecule has 0 bridgehead atoms. The van der Waals surface area contributed by atoms with Crippen LogP contribution in [0.2, 0.25) is 0 Å². The second-order valence-corrected chi connectivity index (χ2v) is 5.41. The van der Waals surface area contributed by atoms with Crippen molar-refractivity contribution in [2.75, 3.05) is 6.61 Å². The molecule has 0 fully saturated rings. The van der Waals surface area contributed by atoms with Gasteiger partial charge < -0.3 is 18.8 Å². The fourth-order valence-corrected chi connectivity index (χ4v) is 1.90. The molecule has 0 atom stereocenters. The number of carboxylic acids is 1. The molecule has 0 aromatic carbocycles. The molecule has 0 unspecified atom stereocenters. The predicted molar refractivity (Wildman–Crippen MR) is 80.4 cm³/mol. The smallest absolute Gasteiger partial charge is 0.371 e. The number of carbonyl (C=O) groups is 1. The molecule has 118 valence electrons. The van der Waals surface area contributed by atoms with Crippen molar-refractivity contribution in [2.45, 2.75) is 26.8 Å². The molecule has 0 amide bonds. The first-order chi connectivity index (χ1) is 10.5. The Morgan fingerprint density at radius 3 is 2.77 bits per heavy atom. The molecule has 6 nitrogen and oxygen atoms in total. The van der Waals surface area contributed by atoms with E-state index in [4.69, 9.17) is 14.3 Å². The Morgan fingerprint density at radius 2 is 2.14 bits per heavy atom. The van der Waals surface area contributed by atoms with Gasteiger partial charge in [-0.15, -0.1) is 0 Å². The van der Waals surface area contributed by atoms with Crippen LogP contribution in [0.5, 0.6) is 5.75 Å². The van der Waals surface area contributed by atoms with Gasteiger partial charge in [0.05, 0.1) is 13.2 Å². The van der Waals surface area contributed by atoms with E-state index in [1.54, 1.807) is 24.4 Å². The van der Waals surface area contributed by atoms with Gasteiger partial charge in [-0.05, 0) is 36.6 Å². The van der Waals surface area contributed by atoms with Gasteiger partial charge in [0, 0.05) is 6.20 Å². The van der Waals surface area contributed by atoms with E-state index in [0.29, 0.717) is 18.3 Å². The third-order valence-electron chi connectivity index (χ3n) is 3.14. The van der Waals surface area contributed by atoms with E-state index in [0.717, 1.165) is 6.42 Å². The first-order valence-electron chi connectivity index (χ1n) is 7.11. The zero-order chi connectivity index (χ0) is 16.1. The maximum atomic E-state index is 12.3. The standard InChI is InChI=1S/C16H19NO5/c1-11(2)7-9-21-13-4-3-8-17(15(13)18)10-12-5-6-14(22-12)16(19)20/h3-6,8,11H,7,9-10H2,1-2H3,(H,19,20). The summed E-state index contributed by atoms with van der Waals surface area (Å²) in [5.74, 6) is -0.0905. The van der Waals surface area contributed by atoms with Crippen LogP contribution in [-0.2, 0) is 6.54 Å². The van der Waals surface area contributed by atoms with Crippen LogP contribution in [0, 0.1) is 5.92 Å². The summed E-state index contributed by atoms with van der Waals surface area (Å²) < 4.78 is 12.1. The topological polar surface area (TPSA) is 81.7 Å². The summed E-state index contributed by atoms with van der Waals surface area (Å²) in [6, 6.07) is 6.25. The van der Waals surface area contributed by atoms with Crippen molar-refractivity contribution in [3.8, 4) is 5.75 Å². The molecule has 2 heterocycles. The SMILES string of the molecule is CC(C)CCOc1cccn(Cc2ccc(C(=O)O)o2)c1=O. The minimum atomic E-state index is -1.13. The van der Waals surface area contributed by atoms with E-state index in [-0.39, 0.29) is 23.6 Å². The van der Waals surface area contributed by atoms with Crippen molar-refractivity contribution in [2.24, 2.45) is 5.92 Å². The Kier molecular flexibility index (Phi) is 5.04. The molecular formula is C16H19NO5. The Labute approximate surface area is 127 Å². The molecule has 2 rings (SSSR count). The zero-order valence-electron chi connectivity index (χ0n) is 12.6. The van der Waals surface area contributed by atoms with Crippen LogP contribution in [-0.4, -0.2) is 22.2 Å². The lowest BCUT2D eigenvalue weighted by molar-refractivity contribution is 0.0660. The van der Waals surface area contributed by atoms with Crippen molar-refractivity contribution < 1.29 is 19.1 Å². The summed E-state index contributed by atoms with van der Waals surface area (Å²) >= 11 is 0. The first kappa shape index (κ1) is 15.9. The highest BCUT2D eigenvalue weighted by Crippen LogP contribution is 2.10. The van der Waals surface area contributed by atoms with E-state index >= 15 is 0 Å². The van der Waals surface area contributed by atoms with Gasteiger partial charge in [0.25, 0.3) is 5.56 Å². The lowest BCUT2D eigenvalue weighted by Gasteiger charge is -2.09. The molecule has 22 heavy (non-hydrogen) atoms. The second-order valence-electron chi connectivity index (χ2n) is 5.41. The largest absolute Gasteiger partial charge is 0.488 e. The average molecular weight is 305 g/mol. The van der Waals surface area contributed by atoms with Gasteiger partial charge in [-0.3, -0.25) is 4.79 Å². The van der Waals surface area contributed by atoms with Crippen LogP contribution in [0.25, 0.3) is 0 Å². The minimum Gasteiger partial charge on any atom is -0.488 e. The highest BCUT2D eigenvalue weighted by Gasteiger charge is 2.11. The van der Waals surface area contributed by atoms with Crippen LogP contribution in [0.15, 0.2) is 39.7 Å². The highest BCUT2D eigenvalue weighted by molar-refractivity contribution is 5.84. The fourth-order valence-electron chi connectivity index (χ4n) is 1.90. The number of furan rings is 1. The van der Waals surface area contributed by atoms with E-state index in [2.05, 4.69) is 13.8 Å². The van der Waals surface area contributed by atoms with E-state index in [1.165, 1.54) is 10.6 Å². The number of rotatable bonds is 7. The van der Waals surface area contributed by atoms with Crippen LogP contribution in [0.4, 0.5) is 0 Å². The Bertz CT molecular complexity index is 699. The molecule has 0 aliphatic rings. The first-order valence-corrected chi connectivity index (χ1v) is 7.11. The molecular weight excluding hydrogens is 286 g/mol. The summed E-state index contributed by atoms with van der Waals surface area (Å²) in [5.41, 5.74) is -0.264. The van der Waals surface area contributed by atoms with Crippen molar-refractivity contribution in [1.29, 1.82) is 0 Å². The molecule has 0 spiro atoms. The number of nitrogens with zero attached hydrogens (tertiary/aromatic N) is 1. The second kappa shape index (κ2) is 6.98. The van der Waals surface area contributed by atoms with Crippen LogP contribution < -0.4 is 10.3 Å². The summed E-state index contributed by atoms with van der Waals surface area (Å²) in [5, 5.41) is 8.82. The summed E-state index contributed by atoms with van der Waals surface area (Å²) in [6.45, 7) is 4.82. The maximum absolute atomic E-state index is 12.3. The number of aromatic nitrogens is 1. The number of aromatic carboxylic acids is 1. The van der Waals surface area contributed by atoms with Crippen LogP contribution in [0.3, 0.4) is 0 Å². The Morgan fingerprint density at radius 1 is 1.36 bits per heavy atom. The maximum Gasteiger partial charge on any atom is 0.371 e. The number of ether oxygens (including phenoxy) is 1. The van der Waals surface area contributed by atoms with Crippen molar-refractivity contribution in [3.63, 3.8) is 0 Å². The summed E-state index contributed by atoms with van der Waals surface area (Å²) in [6.07, 6.45) is 2.48. The molecule has 0 radical (unpaired) electrons. The molecule has 2 aromatic rings. The minimum absolute atomic E-state index is 0.146. The van der Waals surface area contributed by atoms with E-state index < -0.39 is 5.97 Å². The van der Waals surface area contributed by atoms with Gasteiger partial charge in [0.1, 0.15) is 5.76 Å². The van der Waals surface area contributed by atoms with Gasteiger partial charge in [-0.1, -0.05) is 13.8 Å². The molecule has 0 aliphatic carbocycles. The number of hydrogen-bond donors (Lipinski definition) is 1. The third-order valence-corrected chi connectivity index (χ3v) is 3.14. The summed E-state index contributed by atoms with van der Waals surface area (Å²) in [7, 11) is 0. The van der Waals surface area contributed by atoms with Gasteiger partial charge in [-0.25, -0.2) is 4.79 Å². The van der Waals surface area contributed by atoms with Gasteiger partial charge in [0.15, 0.2) is 5.75 Å². The molecule has 6 heteroatoms. The summed E-state index contributed by atoms with van der Waals surface area (Å²) in [4.78, 5) is 23.0. The van der Waals surface area contributed by atoms with Crippen LogP contribution >= 0.6 is 0 Å². The van der Waals surface area contributed by atoms with Crippen molar-refractivity contribution in [3.05, 3.63) is 52.3 Å². The lowest BCUT2D eigenvalue weighted by Crippen LogP contribution is -2.22. The number of hydrogen-bond acceptors (Lipinski definition) is 4. The molecule has 0 aliphatic heterocycles. The van der Waals surface area contributed by atoms with Crippen molar-refractivity contribution >= 4 is 5.97 Å². The van der Waals surface area contributed by atoms with Crippen molar-refractivity contribution in [1.82, 2.24) is 4.57 Å². The Balaban J connectivity index is 2.10. The van der Waals surface area contributed by atoms with Gasteiger partial charge in [-0.2, -0.15) is 0 Å². The number of pyridine rings is 1. The normalized spacial score (nSPS) is 10.9. The Hall–Kier alpha value is -2.50. The van der Waals surface area contributed by atoms with Gasteiger partial charge >= 0.3 is 5.97 Å². The molecule has 2 aromatic heterocycles. The molecule has 0 saturated heterocycles. The molecule has 1 N–H and O–H groups in total. The quantitative estimate of drug-likeness (QED) is 0.850. The fraction of sp³-hybridized carbons (Fsp3) is 0.375. The average Bonchev–Trinajstić information content (AvgIpc) is 2.91. The molecule has 0 saturated carbocycles. The predicted octanol–water partition coefficient (Wildman–Crippen LogP) is 2.61. The van der Waals surface area contributed by atoms with E-state index in [1.807, 2.05) is 0 Å². The lowest BCUT2D eigenvalue weighted by atomic mass is 10.1. The highest BCUT2D eigenvalue weighted by atomic mass is 16.5. The third kappa shape index (κ3) is 4.00. The zero-order valence-corrected chi connectivity index (χ0v) is 12.6.